The van der Waals surface area contributed by atoms with Gasteiger partial charge in [0.2, 0.25) is 11.8 Å². The summed E-state index contributed by atoms with van der Waals surface area (Å²) in [5.41, 5.74) is 2.16. The highest BCUT2D eigenvalue weighted by atomic mass is 16.5. The minimum Gasteiger partial charge on any atom is -0.494 e. The van der Waals surface area contributed by atoms with E-state index in [4.69, 9.17) is 4.74 Å². The van der Waals surface area contributed by atoms with E-state index >= 15 is 0 Å². The van der Waals surface area contributed by atoms with Gasteiger partial charge in [0.15, 0.2) is 0 Å². The molecular formula is C25H34N2O3. The van der Waals surface area contributed by atoms with Crippen LogP contribution in [0.4, 0.5) is 0 Å². The summed E-state index contributed by atoms with van der Waals surface area (Å²) >= 11 is 0. The largest absolute Gasteiger partial charge is 0.494 e. The van der Waals surface area contributed by atoms with Gasteiger partial charge in [-0.15, -0.1) is 0 Å². The van der Waals surface area contributed by atoms with Gasteiger partial charge in [-0.25, -0.2) is 0 Å². The third kappa shape index (κ3) is 7.21. The summed E-state index contributed by atoms with van der Waals surface area (Å²) in [5.74, 6) is 0.636. The first-order chi connectivity index (χ1) is 14.4. The minimum atomic E-state index is -0.541. The van der Waals surface area contributed by atoms with Gasteiger partial charge >= 0.3 is 0 Å². The maximum atomic E-state index is 13.1. The molecule has 0 aliphatic heterocycles. The van der Waals surface area contributed by atoms with Crippen LogP contribution in [0.3, 0.4) is 0 Å². The Morgan fingerprint density at radius 1 is 1.03 bits per heavy atom. The van der Waals surface area contributed by atoms with Gasteiger partial charge in [0.05, 0.1) is 6.61 Å². The Bertz CT molecular complexity index is 807. The van der Waals surface area contributed by atoms with E-state index in [0.717, 1.165) is 23.3 Å². The monoisotopic (exact) mass is 410 g/mol. The standard InChI is InChI=1S/C25H34N2O3/c1-5-20(3)26-25(29)21(4)27(18-22-13-10-9-12-19(22)2)24(28)16-11-17-30-23-14-7-6-8-15-23/h6-10,12-15,20-21H,5,11,16-18H2,1-4H3,(H,26,29)/t20-,21+/m0/s1. The van der Waals surface area contributed by atoms with Crippen LogP contribution in [0.5, 0.6) is 5.75 Å². The van der Waals surface area contributed by atoms with Gasteiger partial charge in [0.1, 0.15) is 11.8 Å². The number of nitrogens with zero attached hydrogens (tertiary/aromatic N) is 1. The predicted octanol–water partition coefficient (Wildman–Crippen LogP) is 4.49. The van der Waals surface area contributed by atoms with Crippen LogP contribution in [0.1, 0.15) is 51.2 Å². The number of nitrogens with one attached hydrogen (secondary N) is 1. The lowest BCUT2D eigenvalue weighted by Gasteiger charge is -2.30. The molecule has 2 atom stereocenters. The topological polar surface area (TPSA) is 58.6 Å². The molecule has 0 spiro atoms. The van der Waals surface area contributed by atoms with Gasteiger partial charge in [0, 0.05) is 19.0 Å². The Kier molecular flexibility index (Phi) is 9.39. The molecule has 162 valence electrons. The van der Waals surface area contributed by atoms with Gasteiger partial charge in [-0.3, -0.25) is 9.59 Å². The summed E-state index contributed by atoms with van der Waals surface area (Å²) in [4.78, 5) is 27.5. The van der Waals surface area contributed by atoms with Gasteiger partial charge in [0.25, 0.3) is 0 Å². The Hall–Kier alpha value is -2.82. The average Bonchev–Trinajstić information content (AvgIpc) is 2.76. The van der Waals surface area contributed by atoms with Crippen LogP contribution in [-0.2, 0) is 16.1 Å². The van der Waals surface area contributed by atoms with Gasteiger partial charge in [-0.2, -0.15) is 0 Å². The summed E-state index contributed by atoms with van der Waals surface area (Å²) in [6, 6.07) is 17.1. The summed E-state index contributed by atoms with van der Waals surface area (Å²) in [5, 5.41) is 3.00. The molecule has 5 nitrogen and oxygen atoms in total. The quantitative estimate of drug-likeness (QED) is 0.556. The van der Waals surface area contributed by atoms with E-state index in [1.165, 1.54) is 0 Å². The first-order valence-electron chi connectivity index (χ1n) is 10.7. The highest BCUT2D eigenvalue weighted by Crippen LogP contribution is 2.16. The normalized spacial score (nSPS) is 12.7. The van der Waals surface area contributed by atoms with E-state index < -0.39 is 6.04 Å². The van der Waals surface area contributed by atoms with E-state index in [1.54, 1.807) is 11.8 Å². The highest BCUT2D eigenvalue weighted by Gasteiger charge is 2.26. The summed E-state index contributed by atoms with van der Waals surface area (Å²) < 4.78 is 5.70. The van der Waals surface area contributed by atoms with Crippen molar-refractivity contribution in [2.75, 3.05) is 6.61 Å². The molecule has 0 heterocycles. The molecule has 30 heavy (non-hydrogen) atoms. The van der Waals surface area contributed by atoms with Crippen LogP contribution in [-0.4, -0.2) is 35.4 Å². The molecule has 2 rings (SSSR count). The predicted molar refractivity (Wildman–Crippen MR) is 120 cm³/mol. The molecule has 0 bridgehead atoms. The molecule has 0 unspecified atom stereocenters. The average molecular weight is 411 g/mol. The van der Waals surface area contributed by atoms with Crippen molar-refractivity contribution in [1.29, 1.82) is 0 Å². The van der Waals surface area contributed by atoms with Crippen molar-refractivity contribution in [3.8, 4) is 5.75 Å². The SMILES string of the molecule is CC[C@H](C)NC(=O)[C@@H](C)N(Cc1ccccc1C)C(=O)CCCOc1ccccc1. The minimum absolute atomic E-state index is 0.0401. The molecule has 0 aliphatic carbocycles. The molecule has 2 aromatic rings. The van der Waals surface area contributed by atoms with Crippen molar-refractivity contribution < 1.29 is 14.3 Å². The molecule has 0 saturated carbocycles. The first kappa shape index (κ1) is 23.5. The fourth-order valence-corrected chi connectivity index (χ4v) is 3.09. The van der Waals surface area contributed by atoms with E-state index in [9.17, 15) is 9.59 Å². The number of rotatable bonds is 11. The number of benzene rings is 2. The number of carbonyl (C=O) groups excluding carboxylic acids is 2. The second-order valence-corrected chi connectivity index (χ2v) is 7.71. The van der Waals surface area contributed by atoms with Crippen molar-refractivity contribution in [2.24, 2.45) is 0 Å². The van der Waals surface area contributed by atoms with Gasteiger partial charge in [-0.05, 0) is 56.9 Å². The lowest BCUT2D eigenvalue weighted by atomic mass is 10.1. The third-order valence-corrected chi connectivity index (χ3v) is 5.32. The van der Waals surface area contributed by atoms with Crippen LogP contribution >= 0.6 is 0 Å². The Labute approximate surface area is 180 Å². The van der Waals surface area contributed by atoms with Crippen molar-refractivity contribution >= 4 is 11.8 Å². The summed E-state index contributed by atoms with van der Waals surface area (Å²) in [6.07, 6.45) is 1.78. The number of para-hydroxylation sites is 1. The van der Waals surface area contributed by atoms with E-state index in [0.29, 0.717) is 26.0 Å². The fourth-order valence-electron chi connectivity index (χ4n) is 3.09. The molecular weight excluding hydrogens is 376 g/mol. The number of aryl methyl sites for hydroxylation is 1. The lowest BCUT2D eigenvalue weighted by Crippen LogP contribution is -2.49. The molecule has 1 N–H and O–H groups in total. The Balaban J connectivity index is 2.02. The second-order valence-electron chi connectivity index (χ2n) is 7.71. The Morgan fingerprint density at radius 2 is 1.70 bits per heavy atom. The molecule has 2 aromatic carbocycles. The van der Waals surface area contributed by atoms with Crippen LogP contribution < -0.4 is 10.1 Å². The maximum Gasteiger partial charge on any atom is 0.242 e. The number of ether oxygens (including phenoxy) is 1. The van der Waals surface area contributed by atoms with E-state index in [2.05, 4.69) is 5.32 Å². The number of amides is 2. The second kappa shape index (κ2) is 12.0. The highest BCUT2D eigenvalue weighted by molar-refractivity contribution is 5.87. The molecule has 5 heteroatoms. The third-order valence-electron chi connectivity index (χ3n) is 5.32. The van der Waals surface area contributed by atoms with E-state index in [-0.39, 0.29) is 17.9 Å². The molecule has 0 aliphatic rings. The summed E-state index contributed by atoms with van der Waals surface area (Å²) in [6.45, 7) is 8.70. The molecule has 0 fully saturated rings. The van der Waals surface area contributed by atoms with Crippen molar-refractivity contribution in [2.45, 2.75) is 65.6 Å². The molecule has 0 saturated heterocycles. The van der Waals surface area contributed by atoms with E-state index in [1.807, 2.05) is 75.4 Å². The Morgan fingerprint density at radius 3 is 2.37 bits per heavy atom. The fraction of sp³-hybridized carbons (Fsp3) is 0.440. The maximum absolute atomic E-state index is 13.1. The van der Waals surface area contributed by atoms with Crippen molar-refractivity contribution in [1.82, 2.24) is 10.2 Å². The zero-order valence-electron chi connectivity index (χ0n) is 18.6. The number of carbonyl (C=O) groups is 2. The molecule has 2 amide bonds. The van der Waals surface area contributed by atoms with Crippen molar-refractivity contribution in [3.63, 3.8) is 0 Å². The molecule has 0 aromatic heterocycles. The van der Waals surface area contributed by atoms with Gasteiger partial charge in [-0.1, -0.05) is 49.4 Å². The zero-order valence-corrected chi connectivity index (χ0v) is 18.6. The van der Waals surface area contributed by atoms with Crippen LogP contribution in [0.2, 0.25) is 0 Å². The smallest absolute Gasteiger partial charge is 0.242 e. The van der Waals surface area contributed by atoms with Crippen LogP contribution in [0, 0.1) is 6.92 Å². The van der Waals surface area contributed by atoms with Crippen LogP contribution in [0.15, 0.2) is 54.6 Å². The van der Waals surface area contributed by atoms with Gasteiger partial charge < -0.3 is 15.0 Å². The summed E-state index contributed by atoms with van der Waals surface area (Å²) in [7, 11) is 0. The van der Waals surface area contributed by atoms with Crippen LogP contribution in [0.25, 0.3) is 0 Å². The number of hydrogen-bond donors (Lipinski definition) is 1. The zero-order chi connectivity index (χ0) is 21.9. The van der Waals surface area contributed by atoms with Crippen molar-refractivity contribution in [3.05, 3.63) is 65.7 Å². The lowest BCUT2D eigenvalue weighted by molar-refractivity contribution is -0.141. The first-order valence-corrected chi connectivity index (χ1v) is 10.7. The number of hydrogen-bond acceptors (Lipinski definition) is 3. The molecule has 0 radical (unpaired) electrons.